The maximum atomic E-state index is 9.99. The second-order valence-electron chi connectivity index (χ2n) is 4.99. The van der Waals surface area contributed by atoms with Crippen LogP contribution in [-0.4, -0.2) is 12.2 Å². The molecule has 0 saturated carbocycles. The maximum absolute atomic E-state index is 9.99. The lowest BCUT2D eigenvalue weighted by Gasteiger charge is -2.22. The first-order valence-corrected chi connectivity index (χ1v) is 5.18. The minimum absolute atomic E-state index is 0.0431. The highest BCUT2D eigenvalue weighted by atomic mass is 16.5. The number of methoxy groups -OCH3 is 1. The number of aryl methyl sites for hydroxylation is 1. The Hall–Kier alpha value is -1.02. The number of hydrogen-bond donors (Lipinski definition) is 1. The molecular weight excluding hydrogens is 188 g/mol. The molecule has 0 atom stereocenters. The molecule has 0 aliphatic carbocycles. The monoisotopic (exact) mass is 208 g/mol. The molecule has 84 valence electrons. The lowest BCUT2D eigenvalue weighted by molar-refractivity contribution is 0.184. The van der Waals surface area contributed by atoms with E-state index in [0.717, 1.165) is 16.7 Å². The summed E-state index contributed by atoms with van der Waals surface area (Å²) in [6, 6.07) is 3.99. The number of ether oxygens (including phenoxy) is 1. The Morgan fingerprint density at radius 2 is 1.87 bits per heavy atom. The molecule has 0 aromatic heterocycles. The summed E-state index contributed by atoms with van der Waals surface area (Å²) in [7, 11) is 1.68. The van der Waals surface area contributed by atoms with E-state index in [9.17, 15) is 5.11 Å². The number of hydrogen-bond acceptors (Lipinski definition) is 2. The van der Waals surface area contributed by atoms with Crippen molar-refractivity contribution in [1.82, 2.24) is 0 Å². The Morgan fingerprint density at radius 3 is 2.33 bits per heavy atom. The molecule has 2 heteroatoms. The smallest absolute Gasteiger partial charge is 0.122 e. The van der Waals surface area contributed by atoms with Gasteiger partial charge in [-0.3, -0.25) is 0 Å². The second-order valence-corrected chi connectivity index (χ2v) is 4.99. The van der Waals surface area contributed by atoms with E-state index in [2.05, 4.69) is 20.8 Å². The normalized spacial score (nSPS) is 11.8. The van der Waals surface area contributed by atoms with E-state index in [1.54, 1.807) is 7.11 Å². The largest absolute Gasteiger partial charge is 0.507 e. The molecule has 1 aromatic carbocycles. The van der Waals surface area contributed by atoms with Gasteiger partial charge in [0.05, 0.1) is 6.61 Å². The van der Waals surface area contributed by atoms with Crippen molar-refractivity contribution in [1.29, 1.82) is 0 Å². The van der Waals surface area contributed by atoms with Gasteiger partial charge < -0.3 is 9.84 Å². The van der Waals surface area contributed by atoms with Crippen LogP contribution in [0.3, 0.4) is 0 Å². The van der Waals surface area contributed by atoms with Crippen molar-refractivity contribution < 1.29 is 9.84 Å². The predicted molar refractivity (Wildman–Crippen MR) is 62.3 cm³/mol. The van der Waals surface area contributed by atoms with Gasteiger partial charge >= 0.3 is 0 Å². The van der Waals surface area contributed by atoms with E-state index >= 15 is 0 Å². The minimum Gasteiger partial charge on any atom is -0.507 e. The van der Waals surface area contributed by atoms with Crippen LogP contribution in [0.2, 0.25) is 0 Å². The van der Waals surface area contributed by atoms with Gasteiger partial charge in [-0.2, -0.15) is 0 Å². The zero-order valence-electron chi connectivity index (χ0n) is 10.2. The first kappa shape index (κ1) is 12.1. The molecule has 1 rings (SSSR count). The first-order chi connectivity index (χ1) is 6.86. The number of phenols is 1. The molecule has 0 heterocycles. The Morgan fingerprint density at radius 1 is 1.27 bits per heavy atom. The fourth-order valence-electron chi connectivity index (χ4n) is 1.68. The third-order valence-corrected chi connectivity index (χ3v) is 2.48. The standard InChI is InChI=1S/C13H20O2/c1-9-6-10(8-15-5)7-11(12(9)14)13(2,3)4/h6-7,14H,8H2,1-5H3. The summed E-state index contributed by atoms with van der Waals surface area (Å²) < 4.78 is 5.11. The molecule has 0 radical (unpaired) electrons. The topological polar surface area (TPSA) is 29.5 Å². The summed E-state index contributed by atoms with van der Waals surface area (Å²) >= 11 is 0. The summed E-state index contributed by atoms with van der Waals surface area (Å²) in [5.41, 5.74) is 2.96. The van der Waals surface area contributed by atoms with Crippen LogP contribution in [0, 0.1) is 6.92 Å². The van der Waals surface area contributed by atoms with Crippen LogP contribution in [0.4, 0.5) is 0 Å². The molecule has 0 unspecified atom stereocenters. The predicted octanol–water partition coefficient (Wildman–Crippen LogP) is 3.14. The molecule has 1 aromatic rings. The van der Waals surface area contributed by atoms with Crippen molar-refractivity contribution in [2.75, 3.05) is 7.11 Å². The molecule has 0 bridgehead atoms. The van der Waals surface area contributed by atoms with E-state index in [1.807, 2.05) is 19.1 Å². The number of phenolic OH excluding ortho intramolecular Hbond substituents is 1. The Labute approximate surface area is 91.9 Å². The van der Waals surface area contributed by atoms with E-state index in [-0.39, 0.29) is 5.41 Å². The summed E-state index contributed by atoms with van der Waals surface area (Å²) in [4.78, 5) is 0. The van der Waals surface area contributed by atoms with Crippen molar-refractivity contribution in [2.24, 2.45) is 0 Å². The van der Waals surface area contributed by atoms with Crippen molar-refractivity contribution in [3.8, 4) is 5.75 Å². The fraction of sp³-hybridized carbons (Fsp3) is 0.538. The molecule has 0 saturated heterocycles. The van der Waals surface area contributed by atoms with Crippen molar-refractivity contribution in [2.45, 2.75) is 39.7 Å². The van der Waals surface area contributed by atoms with Crippen molar-refractivity contribution in [3.63, 3.8) is 0 Å². The molecule has 15 heavy (non-hydrogen) atoms. The minimum atomic E-state index is -0.0431. The average molecular weight is 208 g/mol. The number of rotatable bonds is 2. The Bertz CT molecular complexity index is 348. The highest BCUT2D eigenvalue weighted by Gasteiger charge is 2.19. The third kappa shape index (κ3) is 2.72. The lowest BCUT2D eigenvalue weighted by Crippen LogP contribution is -2.12. The molecule has 0 spiro atoms. The van der Waals surface area contributed by atoms with E-state index in [0.29, 0.717) is 12.4 Å². The van der Waals surface area contributed by atoms with Crippen LogP contribution in [0.1, 0.15) is 37.5 Å². The van der Waals surface area contributed by atoms with Crippen LogP contribution >= 0.6 is 0 Å². The zero-order valence-corrected chi connectivity index (χ0v) is 10.2. The zero-order chi connectivity index (χ0) is 11.6. The quantitative estimate of drug-likeness (QED) is 0.809. The Balaban J connectivity index is 3.25. The van der Waals surface area contributed by atoms with Gasteiger partial charge in [0.2, 0.25) is 0 Å². The molecule has 1 N–H and O–H groups in total. The highest BCUT2D eigenvalue weighted by molar-refractivity contribution is 5.46. The molecule has 0 fully saturated rings. The van der Waals surface area contributed by atoms with Crippen LogP contribution in [-0.2, 0) is 16.8 Å². The number of benzene rings is 1. The van der Waals surface area contributed by atoms with E-state index in [4.69, 9.17) is 4.74 Å². The average Bonchev–Trinajstić information content (AvgIpc) is 2.09. The maximum Gasteiger partial charge on any atom is 0.122 e. The van der Waals surface area contributed by atoms with Gasteiger partial charge in [0, 0.05) is 7.11 Å². The van der Waals surface area contributed by atoms with Gasteiger partial charge in [-0.15, -0.1) is 0 Å². The van der Waals surface area contributed by atoms with Crippen LogP contribution < -0.4 is 0 Å². The second kappa shape index (κ2) is 4.23. The SMILES string of the molecule is COCc1cc(C)c(O)c(C(C)(C)C)c1. The molecule has 0 amide bonds. The van der Waals surface area contributed by atoms with Gasteiger partial charge in [-0.25, -0.2) is 0 Å². The highest BCUT2D eigenvalue weighted by Crippen LogP contribution is 2.34. The lowest BCUT2D eigenvalue weighted by atomic mass is 9.84. The van der Waals surface area contributed by atoms with Gasteiger partial charge in [0.25, 0.3) is 0 Å². The summed E-state index contributed by atoms with van der Waals surface area (Å²) in [5, 5.41) is 9.99. The van der Waals surface area contributed by atoms with Gasteiger partial charge in [-0.1, -0.05) is 26.8 Å². The fourth-order valence-corrected chi connectivity index (χ4v) is 1.68. The molecular formula is C13H20O2. The third-order valence-electron chi connectivity index (χ3n) is 2.48. The van der Waals surface area contributed by atoms with E-state index in [1.165, 1.54) is 0 Å². The summed E-state index contributed by atoms with van der Waals surface area (Å²) in [5.74, 6) is 0.405. The molecule has 0 aliphatic heterocycles. The van der Waals surface area contributed by atoms with E-state index < -0.39 is 0 Å². The van der Waals surface area contributed by atoms with Gasteiger partial charge in [0.1, 0.15) is 5.75 Å². The van der Waals surface area contributed by atoms with Crippen molar-refractivity contribution >= 4 is 0 Å². The summed E-state index contributed by atoms with van der Waals surface area (Å²) in [6.07, 6.45) is 0. The summed E-state index contributed by atoms with van der Waals surface area (Å²) in [6.45, 7) is 8.79. The van der Waals surface area contributed by atoms with Gasteiger partial charge in [-0.05, 0) is 35.1 Å². The molecule has 0 aliphatic rings. The van der Waals surface area contributed by atoms with Crippen molar-refractivity contribution in [3.05, 3.63) is 28.8 Å². The first-order valence-electron chi connectivity index (χ1n) is 5.18. The number of aromatic hydroxyl groups is 1. The molecule has 2 nitrogen and oxygen atoms in total. The van der Waals surface area contributed by atoms with Crippen LogP contribution in [0.25, 0.3) is 0 Å². The van der Waals surface area contributed by atoms with Crippen LogP contribution in [0.5, 0.6) is 5.75 Å². The Kier molecular flexibility index (Phi) is 3.40. The van der Waals surface area contributed by atoms with Gasteiger partial charge in [0.15, 0.2) is 0 Å². The van der Waals surface area contributed by atoms with Crippen LogP contribution in [0.15, 0.2) is 12.1 Å².